The van der Waals surface area contributed by atoms with E-state index in [9.17, 15) is 12.8 Å². The monoisotopic (exact) mass is 444 g/mol. The molecule has 8 nitrogen and oxygen atoms in total. The van der Waals surface area contributed by atoms with Crippen molar-refractivity contribution in [1.29, 1.82) is 0 Å². The fourth-order valence-electron chi connectivity index (χ4n) is 3.81. The van der Waals surface area contributed by atoms with Gasteiger partial charge < -0.3 is 9.47 Å². The Morgan fingerprint density at radius 3 is 2.52 bits per heavy atom. The Labute approximate surface area is 181 Å². The number of anilines is 1. The molecule has 0 radical (unpaired) electrons. The first-order chi connectivity index (χ1) is 14.8. The van der Waals surface area contributed by atoms with Gasteiger partial charge in [0.15, 0.2) is 5.03 Å². The van der Waals surface area contributed by atoms with Gasteiger partial charge in [-0.15, -0.1) is 0 Å². The molecule has 0 saturated carbocycles. The van der Waals surface area contributed by atoms with Gasteiger partial charge in [0.2, 0.25) is 5.95 Å². The second-order valence-electron chi connectivity index (χ2n) is 7.93. The Morgan fingerprint density at radius 1 is 1.16 bits per heavy atom. The Bertz CT molecular complexity index is 1190. The van der Waals surface area contributed by atoms with Crippen LogP contribution >= 0.6 is 0 Å². The van der Waals surface area contributed by atoms with Crippen molar-refractivity contribution < 1.29 is 12.8 Å². The lowest BCUT2D eigenvalue weighted by molar-refractivity contribution is 0.316. The molecule has 3 heterocycles. The molecule has 0 unspecified atom stereocenters. The molecule has 1 saturated heterocycles. The molecule has 1 aliphatic heterocycles. The number of aromatic nitrogens is 4. The van der Waals surface area contributed by atoms with Gasteiger partial charge >= 0.3 is 0 Å². The molecule has 1 fully saturated rings. The molecule has 0 amide bonds. The predicted molar refractivity (Wildman–Crippen MR) is 116 cm³/mol. The van der Waals surface area contributed by atoms with Crippen LogP contribution in [0, 0.1) is 5.82 Å². The van der Waals surface area contributed by atoms with E-state index in [-0.39, 0.29) is 16.8 Å². The van der Waals surface area contributed by atoms with Crippen molar-refractivity contribution >= 4 is 16.0 Å². The minimum absolute atomic E-state index is 0.0372. The van der Waals surface area contributed by atoms with Gasteiger partial charge in [0.1, 0.15) is 5.82 Å². The quantitative estimate of drug-likeness (QED) is 0.602. The van der Waals surface area contributed by atoms with Crippen molar-refractivity contribution in [2.75, 3.05) is 32.1 Å². The number of imidazole rings is 1. The van der Waals surface area contributed by atoms with E-state index in [1.807, 2.05) is 25.1 Å². The van der Waals surface area contributed by atoms with Gasteiger partial charge in [-0.25, -0.2) is 27.8 Å². The fraction of sp³-hybridized carbons (Fsp3) is 0.381. The van der Waals surface area contributed by atoms with Crippen LogP contribution in [0.25, 0.3) is 11.1 Å². The summed E-state index contributed by atoms with van der Waals surface area (Å²) in [5.74, 6) is 0.283. The lowest BCUT2D eigenvalue weighted by atomic mass is 9.89. The lowest BCUT2D eigenvalue weighted by Gasteiger charge is -2.31. The number of aryl methyl sites for hydroxylation is 1. The number of rotatable bonds is 5. The molecule has 0 bridgehead atoms. The van der Waals surface area contributed by atoms with Crippen LogP contribution in [-0.4, -0.2) is 59.4 Å². The van der Waals surface area contributed by atoms with Gasteiger partial charge in [-0.1, -0.05) is 12.1 Å². The summed E-state index contributed by atoms with van der Waals surface area (Å²) in [5.41, 5.74) is 2.30. The largest absolute Gasteiger partial charge is 0.347 e. The molecular formula is C21H25FN6O2S. The van der Waals surface area contributed by atoms with Gasteiger partial charge in [0.25, 0.3) is 10.0 Å². The average molecular weight is 445 g/mol. The second-order valence-corrected chi connectivity index (χ2v) is 9.81. The Hall–Kier alpha value is -2.85. The van der Waals surface area contributed by atoms with Crippen LogP contribution in [0.5, 0.6) is 0 Å². The number of benzene rings is 1. The second kappa shape index (κ2) is 8.35. The number of sulfonamides is 1. The Kier molecular flexibility index (Phi) is 5.76. The first-order valence-corrected chi connectivity index (χ1v) is 11.5. The number of hydrogen-bond donors (Lipinski definition) is 0. The third kappa shape index (κ3) is 4.31. The van der Waals surface area contributed by atoms with Crippen LogP contribution in [0.1, 0.15) is 24.5 Å². The molecule has 10 heteroatoms. The topological polar surface area (TPSA) is 84.2 Å². The van der Waals surface area contributed by atoms with Crippen molar-refractivity contribution in [3.05, 3.63) is 54.5 Å². The summed E-state index contributed by atoms with van der Waals surface area (Å²) in [6.07, 6.45) is 5.94. The molecule has 1 aliphatic rings. The van der Waals surface area contributed by atoms with Crippen molar-refractivity contribution in [2.24, 2.45) is 7.05 Å². The van der Waals surface area contributed by atoms with Crippen molar-refractivity contribution in [1.82, 2.24) is 23.8 Å². The first kappa shape index (κ1) is 21.4. The van der Waals surface area contributed by atoms with Crippen LogP contribution in [-0.2, 0) is 17.1 Å². The van der Waals surface area contributed by atoms with Gasteiger partial charge in [-0.3, -0.25) is 0 Å². The highest BCUT2D eigenvalue weighted by molar-refractivity contribution is 7.89. The Balaban J connectivity index is 1.62. The fourth-order valence-corrected chi connectivity index (χ4v) is 5.25. The van der Waals surface area contributed by atoms with Crippen LogP contribution < -0.4 is 4.90 Å². The molecule has 0 N–H and O–H groups in total. The van der Waals surface area contributed by atoms with Crippen molar-refractivity contribution in [3.8, 4) is 11.1 Å². The summed E-state index contributed by atoms with van der Waals surface area (Å²) in [4.78, 5) is 15.0. The van der Waals surface area contributed by atoms with E-state index in [4.69, 9.17) is 4.98 Å². The molecular weight excluding hydrogens is 419 g/mol. The van der Waals surface area contributed by atoms with Crippen LogP contribution in [0.4, 0.5) is 10.3 Å². The molecule has 164 valence electrons. The van der Waals surface area contributed by atoms with E-state index in [2.05, 4.69) is 9.97 Å². The van der Waals surface area contributed by atoms with Crippen LogP contribution in [0.3, 0.4) is 0 Å². The van der Waals surface area contributed by atoms with Crippen LogP contribution in [0.2, 0.25) is 0 Å². The summed E-state index contributed by atoms with van der Waals surface area (Å²) in [7, 11) is 1.84. The highest BCUT2D eigenvalue weighted by atomic mass is 32.2. The standard InChI is InChI=1S/C21H25FN6O2S/c1-26(2)21-23-12-18(16-5-4-6-17(22)11-16)20(25-21)15-7-9-28(10-8-15)31(29,30)19-13-27(3)14-24-19/h4-6,11-15H,7-10H2,1-3H3. The summed E-state index contributed by atoms with van der Waals surface area (Å²) in [6, 6.07) is 6.37. The van der Waals surface area contributed by atoms with Crippen molar-refractivity contribution in [3.63, 3.8) is 0 Å². The van der Waals surface area contributed by atoms with E-state index in [1.54, 1.807) is 23.9 Å². The smallest absolute Gasteiger partial charge is 0.262 e. The molecule has 31 heavy (non-hydrogen) atoms. The highest BCUT2D eigenvalue weighted by Gasteiger charge is 2.33. The van der Waals surface area contributed by atoms with Gasteiger partial charge in [-0.05, 0) is 30.5 Å². The minimum atomic E-state index is -3.63. The van der Waals surface area contributed by atoms with Gasteiger partial charge in [-0.2, -0.15) is 4.31 Å². The molecule has 4 rings (SSSR count). The van der Waals surface area contributed by atoms with Crippen LogP contribution in [0.15, 0.2) is 48.0 Å². The zero-order valence-corrected chi connectivity index (χ0v) is 18.5. The zero-order chi connectivity index (χ0) is 22.2. The van der Waals surface area contributed by atoms with E-state index in [0.29, 0.717) is 37.4 Å². The third-order valence-corrected chi connectivity index (χ3v) is 7.25. The molecule has 0 aliphatic carbocycles. The molecule has 2 aromatic heterocycles. The number of nitrogens with zero attached hydrogens (tertiary/aromatic N) is 6. The highest BCUT2D eigenvalue weighted by Crippen LogP contribution is 2.36. The van der Waals surface area contributed by atoms with E-state index >= 15 is 0 Å². The SMILES string of the molecule is CN(C)c1ncc(-c2cccc(F)c2)c(C2CCN(S(=O)(=O)c3cn(C)cn3)CC2)n1. The summed E-state index contributed by atoms with van der Waals surface area (Å²) in [6.45, 7) is 0.737. The zero-order valence-electron chi connectivity index (χ0n) is 17.7. The maximum absolute atomic E-state index is 13.8. The predicted octanol–water partition coefficient (Wildman–Crippen LogP) is 2.65. The van der Waals surface area contributed by atoms with E-state index < -0.39 is 10.0 Å². The third-order valence-electron chi connectivity index (χ3n) is 5.47. The summed E-state index contributed by atoms with van der Waals surface area (Å²) < 4.78 is 42.7. The number of halogens is 1. The molecule has 0 spiro atoms. The molecule has 3 aromatic rings. The number of hydrogen-bond acceptors (Lipinski definition) is 6. The maximum atomic E-state index is 13.8. The van der Waals surface area contributed by atoms with E-state index in [0.717, 1.165) is 11.3 Å². The Morgan fingerprint density at radius 2 is 1.90 bits per heavy atom. The number of piperidine rings is 1. The molecule has 0 atom stereocenters. The average Bonchev–Trinajstić information content (AvgIpc) is 3.20. The first-order valence-electron chi connectivity index (χ1n) is 10.0. The summed E-state index contributed by atoms with van der Waals surface area (Å²) in [5, 5.41) is 0.0610. The molecule has 1 aromatic carbocycles. The van der Waals surface area contributed by atoms with E-state index in [1.165, 1.54) is 29.0 Å². The maximum Gasteiger partial charge on any atom is 0.262 e. The lowest BCUT2D eigenvalue weighted by Crippen LogP contribution is -2.38. The van der Waals surface area contributed by atoms with Crippen molar-refractivity contribution in [2.45, 2.75) is 23.8 Å². The van der Waals surface area contributed by atoms with Gasteiger partial charge in [0.05, 0.1) is 12.0 Å². The normalized spacial score (nSPS) is 15.9. The summed E-state index contributed by atoms with van der Waals surface area (Å²) >= 11 is 0. The minimum Gasteiger partial charge on any atom is -0.347 e. The van der Waals surface area contributed by atoms with Gasteiger partial charge in [0, 0.05) is 58.1 Å².